The van der Waals surface area contributed by atoms with Gasteiger partial charge in [0, 0.05) is 30.2 Å². The molecule has 7 nitrogen and oxygen atoms in total. The summed E-state index contributed by atoms with van der Waals surface area (Å²) in [5.41, 5.74) is 2.69. The third-order valence-electron chi connectivity index (χ3n) is 5.35. The lowest BCUT2D eigenvalue weighted by Gasteiger charge is -2.18. The largest absolute Gasteiger partial charge is 0.378 e. The first-order valence-electron chi connectivity index (χ1n) is 9.20. The van der Waals surface area contributed by atoms with Crippen molar-refractivity contribution < 1.29 is 4.39 Å². The number of nitrogens with zero attached hydrogens (tertiary/aromatic N) is 4. The standard InChI is InChI=1S/C19H19ClFN7/c1-9(10-3-4-10)25-19-17(21)16(20)15(11-5-24-27-18(11)19)12-7-28-8-13(22-2)26-14(28)6-23-12/h5-10,22,25H,3-4H2,1-2H3,(H,24,27). The summed E-state index contributed by atoms with van der Waals surface area (Å²) in [6.45, 7) is 2.06. The lowest BCUT2D eigenvalue weighted by atomic mass is 10.0. The van der Waals surface area contributed by atoms with Crippen LogP contribution in [0, 0.1) is 11.7 Å². The smallest absolute Gasteiger partial charge is 0.167 e. The summed E-state index contributed by atoms with van der Waals surface area (Å²) >= 11 is 6.50. The molecule has 0 bridgehead atoms. The van der Waals surface area contributed by atoms with Crippen molar-refractivity contribution in [3.8, 4) is 11.3 Å². The van der Waals surface area contributed by atoms with Crippen LogP contribution in [0.2, 0.25) is 5.02 Å². The van der Waals surface area contributed by atoms with E-state index in [0.29, 0.717) is 34.0 Å². The zero-order chi connectivity index (χ0) is 19.4. The summed E-state index contributed by atoms with van der Waals surface area (Å²) in [5, 5.41) is 14.1. The predicted molar refractivity (Wildman–Crippen MR) is 108 cm³/mol. The maximum Gasteiger partial charge on any atom is 0.167 e. The Hall–Kier alpha value is -2.87. The van der Waals surface area contributed by atoms with Crippen molar-refractivity contribution in [1.29, 1.82) is 0 Å². The maximum absolute atomic E-state index is 15.3. The first kappa shape index (κ1) is 17.2. The van der Waals surface area contributed by atoms with E-state index in [2.05, 4.69) is 37.7 Å². The molecular formula is C19H19ClFN7. The molecule has 1 atom stereocenters. The molecule has 3 N–H and O–H groups in total. The van der Waals surface area contributed by atoms with Crippen molar-refractivity contribution in [1.82, 2.24) is 24.6 Å². The Kier molecular flexibility index (Phi) is 3.90. The highest BCUT2D eigenvalue weighted by Crippen LogP contribution is 2.42. The minimum absolute atomic E-state index is 0.0280. The normalized spacial score (nSPS) is 15.3. The number of halogens is 2. The summed E-state index contributed by atoms with van der Waals surface area (Å²) in [6, 6.07) is 0.170. The minimum Gasteiger partial charge on any atom is -0.378 e. The van der Waals surface area contributed by atoms with Crippen LogP contribution in [0.25, 0.3) is 27.8 Å². The predicted octanol–water partition coefficient (Wildman–Crippen LogP) is 4.32. The number of H-pyrrole nitrogens is 1. The van der Waals surface area contributed by atoms with Crippen LogP contribution in [0.5, 0.6) is 0 Å². The van der Waals surface area contributed by atoms with E-state index < -0.39 is 5.82 Å². The highest BCUT2D eigenvalue weighted by molar-refractivity contribution is 6.35. The zero-order valence-electron chi connectivity index (χ0n) is 15.4. The summed E-state index contributed by atoms with van der Waals surface area (Å²) in [7, 11) is 1.80. The Morgan fingerprint density at radius 3 is 2.89 bits per heavy atom. The SMILES string of the molecule is CNc1cn2cc(-c3c(Cl)c(F)c(NC(C)C4CC4)c4[nH]ncc34)ncc2n1. The third kappa shape index (κ3) is 2.67. The van der Waals surface area contributed by atoms with Gasteiger partial charge in [-0.25, -0.2) is 9.37 Å². The van der Waals surface area contributed by atoms with Gasteiger partial charge in [0.25, 0.3) is 0 Å². The molecule has 1 saturated carbocycles. The second-order valence-electron chi connectivity index (χ2n) is 7.22. The quantitative estimate of drug-likeness (QED) is 0.465. The average Bonchev–Trinajstić information content (AvgIpc) is 3.30. The van der Waals surface area contributed by atoms with Gasteiger partial charge in [0.05, 0.1) is 40.5 Å². The van der Waals surface area contributed by atoms with Gasteiger partial charge in [0.15, 0.2) is 11.5 Å². The van der Waals surface area contributed by atoms with E-state index >= 15 is 4.39 Å². The van der Waals surface area contributed by atoms with Gasteiger partial charge in [-0.2, -0.15) is 5.10 Å². The van der Waals surface area contributed by atoms with Gasteiger partial charge in [0.1, 0.15) is 5.82 Å². The van der Waals surface area contributed by atoms with Crippen molar-refractivity contribution in [2.75, 3.05) is 17.7 Å². The van der Waals surface area contributed by atoms with Crippen LogP contribution in [-0.4, -0.2) is 37.7 Å². The summed E-state index contributed by atoms with van der Waals surface area (Å²) in [6.07, 6.45) is 9.24. The monoisotopic (exact) mass is 399 g/mol. The van der Waals surface area contributed by atoms with E-state index in [0.717, 1.165) is 24.0 Å². The third-order valence-corrected chi connectivity index (χ3v) is 5.70. The number of hydrogen-bond donors (Lipinski definition) is 3. The highest BCUT2D eigenvalue weighted by Gasteiger charge is 2.30. The van der Waals surface area contributed by atoms with Gasteiger partial charge in [-0.1, -0.05) is 11.6 Å². The molecule has 0 radical (unpaired) electrons. The van der Waals surface area contributed by atoms with Crippen LogP contribution >= 0.6 is 11.6 Å². The number of hydrogen-bond acceptors (Lipinski definition) is 5. The lowest BCUT2D eigenvalue weighted by molar-refractivity contribution is 0.621. The molecule has 4 aromatic rings. The second kappa shape index (κ2) is 6.34. The van der Waals surface area contributed by atoms with Crippen LogP contribution < -0.4 is 10.6 Å². The molecule has 1 aliphatic rings. The Labute approximate surface area is 165 Å². The van der Waals surface area contributed by atoms with Crippen molar-refractivity contribution in [2.24, 2.45) is 5.92 Å². The van der Waals surface area contributed by atoms with Crippen molar-refractivity contribution in [3.05, 3.63) is 35.6 Å². The number of aromatic amines is 1. The van der Waals surface area contributed by atoms with Crippen LogP contribution in [0.1, 0.15) is 19.8 Å². The Balaban J connectivity index is 1.67. The van der Waals surface area contributed by atoms with E-state index in [4.69, 9.17) is 11.6 Å². The van der Waals surface area contributed by atoms with E-state index in [1.54, 1.807) is 25.6 Å². The molecule has 1 aromatic carbocycles. The molecule has 5 rings (SSSR count). The molecule has 1 unspecified atom stereocenters. The summed E-state index contributed by atoms with van der Waals surface area (Å²) in [4.78, 5) is 8.84. The van der Waals surface area contributed by atoms with Crippen molar-refractivity contribution >= 4 is 39.7 Å². The fourth-order valence-corrected chi connectivity index (χ4v) is 3.88. The number of aromatic nitrogens is 5. The van der Waals surface area contributed by atoms with Gasteiger partial charge in [0.2, 0.25) is 0 Å². The molecule has 3 aromatic heterocycles. The second-order valence-corrected chi connectivity index (χ2v) is 7.60. The van der Waals surface area contributed by atoms with Crippen LogP contribution in [0.15, 0.2) is 24.8 Å². The molecular weight excluding hydrogens is 381 g/mol. The number of fused-ring (bicyclic) bond motifs is 2. The van der Waals surface area contributed by atoms with Crippen molar-refractivity contribution in [3.63, 3.8) is 0 Å². The van der Waals surface area contributed by atoms with Crippen molar-refractivity contribution in [2.45, 2.75) is 25.8 Å². The van der Waals surface area contributed by atoms with Gasteiger partial charge in [-0.05, 0) is 25.7 Å². The van der Waals surface area contributed by atoms with Gasteiger partial charge in [-0.15, -0.1) is 0 Å². The fourth-order valence-electron chi connectivity index (χ4n) is 3.59. The maximum atomic E-state index is 15.3. The fraction of sp³-hybridized carbons (Fsp3) is 0.316. The zero-order valence-corrected chi connectivity index (χ0v) is 16.2. The van der Waals surface area contributed by atoms with Gasteiger partial charge in [-0.3, -0.25) is 10.1 Å². The number of benzene rings is 1. The summed E-state index contributed by atoms with van der Waals surface area (Å²) in [5.74, 6) is 0.796. The van der Waals surface area contributed by atoms with Crippen LogP contribution in [-0.2, 0) is 0 Å². The van der Waals surface area contributed by atoms with E-state index in [-0.39, 0.29) is 11.1 Å². The molecule has 0 amide bonds. The number of anilines is 2. The highest BCUT2D eigenvalue weighted by atomic mass is 35.5. The van der Waals surface area contributed by atoms with Crippen LogP contribution in [0.3, 0.4) is 0 Å². The average molecular weight is 400 g/mol. The molecule has 1 fully saturated rings. The topological polar surface area (TPSA) is 82.9 Å². The number of rotatable bonds is 5. The molecule has 0 saturated heterocycles. The van der Waals surface area contributed by atoms with E-state index in [1.807, 2.05) is 10.6 Å². The van der Waals surface area contributed by atoms with Crippen LogP contribution in [0.4, 0.5) is 15.9 Å². The molecule has 3 heterocycles. The molecule has 144 valence electrons. The number of nitrogens with one attached hydrogen (secondary N) is 3. The lowest BCUT2D eigenvalue weighted by Crippen LogP contribution is -2.18. The Morgan fingerprint density at radius 2 is 2.14 bits per heavy atom. The Morgan fingerprint density at radius 1 is 1.32 bits per heavy atom. The molecule has 1 aliphatic carbocycles. The van der Waals surface area contributed by atoms with E-state index in [1.165, 1.54) is 0 Å². The van der Waals surface area contributed by atoms with Gasteiger partial charge >= 0.3 is 0 Å². The number of imidazole rings is 1. The molecule has 28 heavy (non-hydrogen) atoms. The molecule has 9 heteroatoms. The minimum atomic E-state index is -0.496. The van der Waals surface area contributed by atoms with E-state index in [9.17, 15) is 0 Å². The Bertz CT molecular complexity index is 1190. The molecule has 0 spiro atoms. The molecule has 0 aliphatic heterocycles. The summed E-state index contributed by atoms with van der Waals surface area (Å²) < 4.78 is 17.1. The van der Waals surface area contributed by atoms with Gasteiger partial charge < -0.3 is 15.0 Å². The first-order chi connectivity index (χ1) is 13.6. The first-order valence-corrected chi connectivity index (χ1v) is 9.58.